The van der Waals surface area contributed by atoms with Gasteiger partial charge in [0.2, 0.25) is 5.95 Å². The van der Waals surface area contributed by atoms with Crippen molar-refractivity contribution in [3.63, 3.8) is 0 Å². The first-order valence-electron chi connectivity index (χ1n) is 10.4. The summed E-state index contributed by atoms with van der Waals surface area (Å²) in [6, 6.07) is 14.8. The Bertz CT molecular complexity index is 1310. The molecule has 0 unspecified atom stereocenters. The number of hydrogen-bond acceptors (Lipinski definition) is 5. The molecule has 0 aliphatic carbocycles. The van der Waals surface area contributed by atoms with Crippen LogP contribution in [0.3, 0.4) is 0 Å². The maximum atomic E-state index is 13.1. The maximum absolute atomic E-state index is 13.1. The third-order valence-electron chi connectivity index (χ3n) is 5.31. The van der Waals surface area contributed by atoms with Crippen LogP contribution in [-0.4, -0.2) is 32.8 Å². The number of aromatic amines is 1. The third-order valence-corrected chi connectivity index (χ3v) is 5.31. The quantitative estimate of drug-likeness (QED) is 0.464. The van der Waals surface area contributed by atoms with Gasteiger partial charge in [-0.15, -0.1) is 5.10 Å². The molecule has 2 N–H and O–H groups in total. The van der Waals surface area contributed by atoms with Crippen molar-refractivity contribution < 1.29 is 9.53 Å². The number of carbonyl (C=O) groups is 1. The number of anilines is 1. The van der Waals surface area contributed by atoms with Crippen molar-refractivity contribution in [2.24, 2.45) is 0 Å². The minimum absolute atomic E-state index is 0.134. The molecule has 0 aliphatic heterocycles. The van der Waals surface area contributed by atoms with Crippen LogP contribution in [0.15, 0.2) is 59.5 Å². The fourth-order valence-corrected chi connectivity index (χ4v) is 3.49. The molecule has 0 saturated carbocycles. The molecule has 2 aromatic heterocycles. The van der Waals surface area contributed by atoms with Crippen LogP contribution in [0.2, 0.25) is 0 Å². The second kappa shape index (κ2) is 9.05. The average Bonchev–Trinajstić information content (AvgIpc) is 3.28. The summed E-state index contributed by atoms with van der Waals surface area (Å²) in [5.74, 6) is 1.47. The van der Waals surface area contributed by atoms with Crippen LogP contribution in [0.5, 0.6) is 5.75 Å². The summed E-state index contributed by atoms with van der Waals surface area (Å²) in [5.41, 5.74) is 1.33. The first kappa shape index (κ1) is 21.3. The van der Waals surface area contributed by atoms with Crippen LogP contribution in [0.4, 0.5) is 5.95 Å². The average molecular weight is 431 g/mol. The number of aromatic nitrogens is 4. The molecule has 0 saturated heterocycles. The lowest BCUT2D eigenvalue weighted by Gasteiger charge is -2.12. The Labute approximate surface area is 185 Å². The summed E-state index contributed by atoms with van der Waals surface area (Å²) in [5, 5.41) is 10.7. The first-order chi connectivity index (χ1) is 15.5. The zero-order valence-electron chi connectivity index (χ0n) is 18.3. The number of hydrogen-bond donors (Lipinski definition) is 2. The largest absolute Gasteiger partial charge is 0.497 e. The molecule has 2 heterocycles. The number of H-pyrrole nitrogens is 1. The van der Waals surface area contributed by atoms with E-state index < -0.39 is 0 Å². The standard InChI is InChI=1S/C24H25N5O3/c1-15(2)21-25-24(28-27-21)26-22(30)20-14-29(23(31)19-7-5-4-6-18(19)20)13-12-16-8-10-17(32-3)11-9-16/h4-11,14-15H,12-13H2,1-3H3,(H2,25,26,27,28,30). The van der Waals surface area contributed by atoms with E-state index in [-0.39, 0.29) is 23.3 Å². The molecular formula is C24H25N5O3. The van der Waals surface area contributed by atoms with E-state index >= 15 is 0 Å². The third kappa shape index (κ3) is 4.39. The molecule has 8 heteroatoms. The highest BCUT2D eigenvalue weighted by Gasteiger charge is 2.17. The number of benzene rings is 2. The van der Waals surface area contributed by atoms with Crippen molar-refractivity contribution in [1.29, 1.82) is 0 Å². The van der Waals surface area contributed by atoms with Gasteiger partial charge in [-0.2, -0.15) is 4.98 Å². The summed E-state index contributed by atoms with van der Waals surface area (Å²) in [4.78, 5) is 30.4. The lowest BCUT2D eigenvalue weighted by Crippen LogP contribution is -2.24. The van der Waals surface area contributed by atoms with E-state index in [1.165, 1.54) is 0 Å². The molecule has 8 nitrogen and oxygen atoms in total. The van der Waals surface area contributed by atoms with Gasteiger partial charge < -0.3 is 9.30 Å². The Hall–Kier alpha value is -3.94. The topological polar surface area (TPSA) is 102 Å². The van der Waals surface area contributed by atoms with Gasteiger partial charge in [0, 0.05) is 29.4 Å². The number of ether oxygens (including phenoxy) is 1. The van der Waals surface area contributed by atoms with Gasteiger partial charge in [-0.25, -0.2) is 0 Å². The van der Waals surface area contributed by atoms with Crippen molar-refractivity contribution >= 4 is 22.6 Å². The van der Waals surface area contributed by atoms with Crippen molar-refractivity contribution in [2.75, 3.05) is 12.4 Å². The molecule has 0 spiro atoms. The number of fused-ring (bicyclic) bond motifs is 1. The molecule has 4 aromatic rings. The van der Waals surface area contributed by atoms with Gasteiger partial charge in [-0.1, -0.05) is 44.2 Å². The Balaban J connectivity index is 1.64. The Morgan fingerprint density at radius 3 is 2.50 bits per heavy atom. The number of carbonyl (C=O) groups excluding carboxylic acids is 1. The highest BCUT2D eigenvalue weighted by atomic mass is 16.5. The number of methoxy groups -OCH3 is 1. The van der Waals surface area contributed by atoms with E-state index in [4.69, 9.17) is 4.74 Å². The van der Waals surface area contributed by atoms with E-state index in [1.807, 2.05) is 44.2 Å². The Morgan fingerprint density at radius 1 is 1.12 bits per heavy atom. The second-order valence-corrected chi connectivity index (χ2v) is 7.84. The first-order valence-corrected chi connectivity index (χ1v) is 10.4. The van der Waals surface area contributed by atoms with Crippen LogP contribution < -0.4 is 15.6 Å². The van der Waals surface area contributed by atoms with Crippen LogP contribution in [-0.2, 0) is 13.0 Å². The van der Waals surface area contributed by atoms with Crippen LogP contribution >= 0.6 is 0 Å². The van der Waals surface area contributed by atoms with Crippen LogP contribution in [0.25, 0.3) is 10.8 Å². The van der Waals surface area contributed by atoms with Gasteiger partial charge >= 0.3 is 0 Å². The summed E-state index contributed by atoms with van der Waals surface area (Å²) < 4.78 is 6.77. The fraction of sp³-hybridized carbons (Fsp3) is 0.250. The lowest BCUT2D eigenvalue weighted by molar-refractivity contribution is 0.102. The van der Waals surface area contributed by atoms with Crippen molar-refractivity contribution in [2.45, 2.75) is 32.7 Å². The van der Waals surface area contributed by atoms with E-state index in [0.29, 0.717) is 35.1 Å². The normalized spacial score (nSPS) is 11.1. The number of amides is 1. The van der Waals surface area contributed by atoms with Gasteiger partial charge in [0.25, 0.3) is 11.5 Å². The predicted octanol–water partition coefficient (Wildman–Crippen LogP) is 3.75. The van der Waals surface area contributed by atoms with Gasteiger partial charge in [-0.3, -0.25) is 20.0 Å². The SMILES string of the molecule is COc1ccc(CCn2cc(C(=O)Nc3n[nH]c(C(C)C)n3)c3ccccc3c2=O)cc1. The molecule has 164 valence electrons. The predicted molar refractivity (Wildman–Crippen MR) is 123 cm³/mol. The molecule has 0 bridgehead atoms. The molecule has 0 aliphatic rings. The minimum atomic E-state index is -0.367. The van der Waals surface area contributed by atoms with Crippen molar-refractivity contribution in [3.8, 4) is 5.75 Å². The number of rotatable bonds is 7. The molecule has 0 radical (unpaired) electrons. The minimum Gasteiger partial charge on any atom is -0.497 e. The van der Waals surface area contributed by atoms with Gasteiger partial charge in [-0.05, 0) is 30.2 Å². The maximum Gasteiger partial charge on any atom is 0.260 e. The van der Waals surface area contributed by atoms with Gasteiger partial charge in [0.1, 0.15) is 11.6 Å². The second-order valence-electron chi connectivity index (χ2n) is 7.84. The van der Waals surface area contributed by atoms with Gasteiger partial charge in [0.05, 0.1) is 12.7 Å². The number of nitrogens with zero attached hydrogens (tertiary/aromatic N) is 3. The molecule has 1 amide bonds. The lowest BCUT2D eigenvalue weighted by atomic mass is 10.1. The molecule has 32 heavy (non-hydrogen) atoms. The summed E-state index contributed by atoms with van der Waals surface area (Å²) in [6.07, 6.45) is 2.25. The summed E-state index contributed by atoms with van der Waals surface area (Å²) >= 11 is 0. The number of nitrogens with one attached hydrogen (secondary N) is 2. The highest BCUT2D eigenvalue weighted by Crippen LogP contribution is 2.18. The molecule has 0 fully saturated rings. The molecular weight excluding hydrogens is 406 g/mol. The fourth-order valence-electron chi connectivity index (χ4n) is 3.49. The highest BCUT2D eigenvalue weighted by molar-refractivity contribution is 6.12. The van der Waals surface area contributed by atoms with E-state index in [0.717, 1.165) is 11.3 Å². The zero-order chi connectivity index (χ0) is 22.7. The molecule has 0 atom stereocenters. The van der Waals surface area contributed by atoms with E-state index in [1.54, 1.807) is 36.1 Å². The van der Waals surface area contributed by atoms with Crippen molar-refractivity contribution in [1.82, 2.24) is 19.7 Å². The van der Waals surface area contributed by atoms with Crippen LogP contribution in [0, 0.1) is 0 Å². The van der Waals surface area contributed by atoms with E-state index in [2.05, 4.69) is 20.5 Å². The zero-order valence-corrected chi connectivity index (χ0v) is 18.3. The summed E-state index contributed by atoms with van der Waals surface area (Å²) in [6.45, 7) is 4.41. The monoisotopic (exact) mass is 431 g/mol. The number of aryl methyl sites for hydroxylation is 2. The number of pyridine rings is 1. The molecule has 2 aromatic carbocycles. The molecule has 4 rings (SSSR count). The Morgan fingerprint density at radius 2 is 1.84 bits per heavy atom. The van der Waals surface area contributed by atoms with Crippen molar-refractivity contribution in [3.05, 3.63) is 82.0 Å². The van der Waals surface area contributed by atoms with E-state index in [9.17, 15) is 9.59 Å². The Kier molecular flexibility index (Phi) is 6.02. The summed E-state index contributed by atoms with van der Waals surface area (Å²) in [7, 11) is 1.62. The van der Waals surface area contributed by atoms with Crippen LogP contribution in [0.1, 0.15) is 41.5 Å². The van der Waals surface area contributed by atoms with Gasteiger partial charge in [0.15, 0.2) is 0 Å². The smallest absolute Gasteiger partial charge is 0.260 e.